The smallest absolute Gasteiger partial charge is 0.282 e. The molecule has 3 rings (SSSR count). The van der Waals surface area contributed by atoms with E-state index in [-0.39, 0.29) is 11.7 Å². The van der Waals surface area contributed by atoms with Crippen LogP contribution < -0.4 is 4.90 Å². The van der Waals surface area contributed by atoms with E-state index in [0.717, 1.165) is 16.4 Å². The number of carbonyl (C=O) groups is 1. The quantitative estimate of drug-likeness (QED) is 0.366. The summed E-state index contributed by atoms with van der Waals surface area (Å²) in [6.07, 6.45) is 1.64. The molecule has 2 aromatic rings. The number of benzene rings is 2. The minimum atomic E-state index is -0.193. The maximum atomic E-state index is 12.7. The van der Waals surface area contributed by atoms with Crippen molar-refractivity contribution in [2.24, 2.45) is 4.99 Å². The molecule has 0 radical (unpaired) electrons. The van der Waals surface area contributed by atoms with Crippen LogP contribution in [-0.4, -0.2) is 16.8 Å². The molecule has 2 aromatic carbocycles. The molecule has 0 atom stereocenters. The number of carbonyl (C=O) groups excluding carboxylic acids is 1. The molecule has 1 aliphatic heterocycles. The van der Waals surface area contributed by atoms with Crippen LogP contribution in [0.4, 0.5) is 5.69 Å². The minimum Gasteiger partial charge on any atom is -0.506 e. The van der Waals surface area contributed by atoms with Gasteiger partial charge in [-0.3, -0.25) is 9.69 Å². The zero-order valence-corrected chi connectivity index (χ0v) is 18.9. The van der Waals surface area contributed by atoms with Gasteiger partial charge in [0.2, 0.25) is 0 Å². The first-order chi connectivity index (χ1) is 11.4. The Labute approximate surface area is 180 Å². The highest BCUT2D eigenvalue weighted by Crippen LogP contribution is 2.31. The number of hydrogen-bond donors (Lipinski definition) is 1. The third kappa shape index (κ3) is 3.62. The number of amides is 1. The van der Waals surface area contributed by atoms with Crippen LogP contribution in [-0.2, 0) is 4.79 Å². The van der Waals surface area contributed by atoms with Gasteiger partial charge in [0.15, 0.2) is 0 Å². The van der Waals surface area contributed by atoms with Gasteiger partial charge >= 0.3 is 0 Å². The summed E-state index contributed by atoms with van der Waals surface area (Å²) in [7, 11) is 0. The van der Waals surface area contributed by atoms with Crippen LogP contribution >= 0.6 is 67.8 Å². The second-order valence-corrected chi connectivity index (χ2v) is 8.78. The van der Waals surface area contributed by atoms with Gasteiger partial charge in [0.05, 0.1) is 9.26 Å². The number of hydrogen-bond acceptors (Lipinski definition) is 3. The number of halogens is 3. The Morgan fingerprint density at radius 2 is 1.75 bits per heavy atom. The van der Waals surface area contributed by atoms with Crippen LogP contribution in [0, 0.1) is 10.7 Å². The molecule has 0 unspecified atom stereocenters. The van der Waals surface area contributed by atoms with E-state index in [1.54, 1.807) is 17.9 Å². The Balaban J connectivity index is 2.00. The van der Waals surface area contributed by atoms with Gasteiger partial charge in [-0.15, -0.1) is 0 Å². The highest BCUT2D eigenvalue weighted by molar-refractivity contribution is 14.1. The molecule has 4 nitrogen and oxygen atoms in total. The van der Waals surface area contributed by atoms with Crippen molar-refractivity contribution in [3.05, 3.63) is 58.4 Å². The predicted octanol–water partition coefficient (Wildman–Crippen LogP) is 5.01. The van der Waals surface area contributed by atoms with Gasteiger partial charge in [0, 0.05) is 12.7 Å². The molecule has 0 spiro atoms. The summed E-state index contributed by atoms with van der Waals surface area (Å²) >= 11 is 6.48. The van der Waals surface area contributed by atoms with Crippen molar-refractivity contribution >= 4 is 91.3 Å². The van der Waals surface area contributed by atoms with Crippen LogP contribution in [0.15, 0.2) is 47.1 Å². The summed E-state index contributed by atoms with van der Waals surface area (Å²) < 4.78 is 2.83. The maximum absolute atomic E-state index is 12.7. The van der Waals surface area contributed by atoms with Crippen LogP contribution in [0.2, 0.25) is 0 Å². The predicted molar refractivity (Wildman–Crippen MR) is 121 cm³/mol. The fourth-order valence-corrected chi connectivity index (χ4v) is 4.61. The first-order valence-corrected chi connectivity index (χ1v) is 10.2. The van der Waals surface area contributed by atoms with Crippen molar-refractivity contribution in [1.29, 1.82) is 0 Å². The third-order valence-corrected chi connectivity index (χ3v) is 5.63. The molecule has 1 amide bonds. The molecule has 24 heavy (non-hydrogen) atoms. The zero-order valence-electron chi connectivity index (χ0n) is 12.4. The summed E-state index contributed by atoms with van der Waals surface area (Å²) in [6.45, 7) is 1.80. The lowest BCUT2D eigenvalue weighted by Crippen LogP contribution is -2.30. The molecule has 1 N–H and O–H groups in total. The number of anilines is 1. The second kappa shape index (κ2) is 7.28. The Bertz CT molecular complexity index is 889. The molecule has 1 aliphatic rings. The van der Waals surface area contributed by atoms with Crippen LogP contribution in [0.3, 0.4) is 0 Å². The number of nitrogens with zero attached hydrogens (tertiary/aromatic N) is 2. The number of amidine groups is 1. The average Bonchev–Trinajstić information content (AvgIpc) is 2.80. The van der Waals surface area contributed by atoms with Crippen LogP contribution in [0.5, 0.6) is 5.75 Å². The highest BCUT2D eigenvalue weighted by Gasteiger charge is 2.29. The summed E-state index contributed by atoms with van der Waals surface area (Å²) in [5.74, 6) is 0.589. The van der Waals surface area contributed by atoms with Gasteiger partial charge < -0.3 is 5.11 Å². The van der Waals surface area contributed by atoms with E-state index in [1.165, 1.54) is 0 Å². The molecule has 0 aromatic heterocycles. The lowest BCUT2D eigenvalue weighted by atomic mass is 10.1. The van der Waals surface area contributed by atoms with E-state index < -0.39 is 0 Å². The molecule has 122 valence electrons. The van der Waals surface area contributed by atoms with E-state index in [0.29, 0.717) is 17.1 Å². The first-order valence-electron chi connectivity index (χ1n) is 6.92. The van der Waals surface area contributed by atoms with Gasteiger partial charge in [-0.2, -0.15) is 0 Å². The second-order valence-electron chi connectivity index (χ2n) is 5.13. The molecule has 0 aliphatic carbocycles. The molecule has 0 fully saturated rings. The molecule has 0 bridgehead atoms. The largest absolute Gasteiger partial charge is 0.506 e. The minimum absolute atomic E-state index is 0.164. The van der Waals surface area contributed by atoms with Crippen molar-refractivity contribution in [3.63, 3.8) is 0 Å². The van der Waals surface area contributed by atoms with Gasteiger partial charge in [0.25, 0.3) is 5.91 Å². The zero-order chi connectivity index (χ0) is 17.4. The van der Waals surface area contributed by atoms with Gasteiger partial charge in [-0.05, 0) is 117 Å². The maximum Gasteiger partial charge on any atom is 0.282 e. The number of aliphatic imine (C=N–C) groups is 1. The van der Waals surface area contributed by atoms with Crippen molar-refractivity contribution in [2.45, 2.75) is 6.92 Å². The molecular weight excluding hydrogens is 645 g/mol. The Hall–Kier alpha value is -0.690. The van der Waals surface area contributed by atoms with Gasteiger partial charge in [-0.25, -0.2) is 4.99 Å². The van der Waals surface area contributed by atoms with Crippen LogP contribution in [0.1, 0.15) is 12.5 Å². The summed E-state index contributed by atoms with van der Waals surface area (Å²) in [4.78, 5) is 18.7. The van der Waals surface area contributed by atoms with Crippen molar-refractivity contribution in [1.82, 2.24) is 0 Å². The van der Waals surface area contributed by atoms with E-state index in [4.69, 9.17) is 0 Å². The fraction of sp³-hybridized carbons (Fsp3) is 0.0588. The Kier molecular flexibility index (Phi) is 5.49. The Morgan fingerprint density at radius 1 is 1.08 bits per heavy atom. The highest BCUT2D eigenvalue weighted by atomic mass is 127. The van der Waals surface area contributed by atoms with Crippen LogP contribution in [0.25, 0.3) is 6.08 Å². The van der Waals surface area contributed by atoms with E-state index in [1.807, 2.05) is 36.4 Å². The van der Waals surface area contributed by atoms with Gasteiger partial charge in [0.1, 0.15) is 17.3 Å². The number of aromatic hydroxyl groups is 1. The van der Waals surface area contributed by atoms with Crippen molar-refractivity contribution < 1.29 is 9.90 Å². The lowest BCUT2D eigenvalue weighted by molar-refractivity contribution is -0.113. The van der Waals surface area contributed by atoms with Crippen molar-refractivity contribution in [2.75, 3.05) is 4.90 Å². The Morgan fingerprint density at radius 3 is 2.42 bits per heavy atom. The molecule has 7 heteroatoms. The average molecular weight is 656 g/mol. The third-order valence-electron chi connectivity index (χ3n) is 3.46. The molecule has 0 saturated heterocycles. The number of phenols is 1. The fourth-order valence-electron chi connectivity index (χ4n) is 2.37. The van der Waals surface area contributed by atoms with E-state index >= 15 is 0 Å². The summed E-state index contributed by atoms with van der Waals surface area (Å²) in [5.41, 5.74) is 1.70. The lowest BCUT2D eigenvalue weighted by Gasteiger charge is -2.15. The van der Waals surface area contributed by atoms with E-state index in [9.17, 15) is 9.90 Å². The monoisotopic (exact) mass is 656 g/mol. The topological polar surface area (TPSA) is 52.9 Å². The normalized spacial score (nSPS) is 16.0. The van der Waals surface area contributed by atoms with Crippen molar-refractivity contribution in [3.8, 4) is 5.75 Å². The van der Waals surface area contributed by atoms with Gasteiger partial charge in [-0.1, -0.05) is 0 Å². The molecule has 1 heterocycles. The summed E-state index contributed by atoms with van der Waals surface area (Å²) in [5, 5.41) is 10.2. The molecule has 0 saturated carbocycles. The molecular formula is C17H11I3N2O2. The summed E-state index contributed by atoms with van der Waals surface area (Å²) in [6, 6.07) is 11.4. The number of phenolic OH excluding ortho intramolecular Hbond substituents is 1. The SMILES string of the molecule is CC1=N/C(=C\c2cc(I)cc(I)c2O)C(=O)N1c1ccc(I)cc1. The standard InChI is InChI=1S/C17H11I3N2O2/c1-9-21-15(7-10-6-12(19)8-14(20)16(10)23)17(24)22(9)13-4-2-11(18)3-5-13/h2-8,23H,1H3/b15-7-. The van der Waals surface area contributed by atoms with E-state index in [2.05, 4.69) is 72.8 Å². The first kappa shape index (κ1) is 18.1. The number of rotatable bonds is 2.